The van der Waals surface area contributed by atoms with Gasteiger partial charge < -0.3 is 10.2 Å². The van der Waals surface area contributed by atoms with E-state index in [2.05, 4.69) is 17.2 Å². The summed E-state index contributed by atoms with van der Waals surface area (Å²) in [4.78, 5) is 35.3. The lowest BCUT2D eigenvalue weighted by atomic mass is 10.0. The van der Waals surface area contributed by atoms with Crippen LogP contribution in [0.2, 0.25) is 0 Å². The van der Waals surface area contributed by atoms with E-state index in [-0.39, 0.29) is 11.8 Å². The number of nitrogens with zero attached hydrogens (tertiary/aromatic N) is 1. The molecule has 0 aromatic rings. The van der Waals surface area contributed by atoms with Crippen molar-refractivity contribution in [3.63, 3.8) is 0 Å². The predicted octanol–water partition coefficient (Wildman–Crippen LogP) is 0.667. The molecule has 1 aliphatic heterocycles. The number of carbonyl (C=O) groups is 3. The number of carbonyl (C=O) groups excluding carboxylic acids is 3. The Morgan fingerprint density at radius 3 is 2.75 bits per heavy atom. The fourth-order valence-electron chi connectivity index (χ4n) is 2.21. The molecule has 0 aliphatic carbocycles. The summed E-state index contributed by atoms with van der Waals surface area (Å²) < 4.78 is 0. The molecule has 1 heterocycles. The van der Waals surface area contributed by atoms with E-state index in [4.69, 9.17) is 0 Å². The van der Waals surface area contributed by atoms with Crippen LogP contribution in [0.4, 0.5) is 0 Å². The molecule has 0 saturated carbocycles. The highest BCUT2D eigenvalue weighted by atomic mass is 16.2. The average molecular weight is 279 g/mol. The van der Waals surface area contributed by atoms with E-state index < -0.39 is 6.04 Å². The first-order valence-electron chi connectivity index (χ1n) is 6.64. The van der Waals surface area contributed by atoms with Gasteiger partial charge in [0.1, 0.15) is 6.04 Å². The molecule has 0 spiro atoms. The maximum absolute atomic E-state index is 11.9. The van der Waals surface area contributed by atoms with Crippen LogP contribution >= 0.6 is 0 Å². The normalized spacial score (nSPS) is 19.8. The van der Waals surface area contributed by atoms with Crippen LogP contribution in [-0.2, 0) is 14.4 Å². The molecular formula is C14H21N3O3. The highest BCUT2D eigenvalue weighted by Gasteiger charge is 2.30. The molecular weight excluding hydrogens is 258 g/mol. The van der Waals surface area contributed by atoms with E-state index in [1.165, 1.54) is 0 Å². The highest BCUT2D eigenvalue weighted by Crippen LogP contribution is 2.17. The van der Waals surface area contributed by atoms with E-state index in [0.717, 1.165) is 17.7 Å². The summed E-state index contributed by atoms with van der Waals surface area (Å²) in [6.07, 6.45) is 3.80. The Morgan fingerprint density at radius 2 is 2.25 bits per heavy atom. The van der Waals surface area contributed by atoms with E-state index in [1.807, 2.05) is 13.8 Å². The Balaban J connectivity index is 2.83. The van der Waals surface area contributed by atoms with Gasteiger partial charge in [0.25, 0.3) is 0 Å². The second-order valence-corrected chi connectivity index (χ2v) is 4.67. The Labute approximate surface area is 118 Å². The summed E-state index contributed by atoms with van der Waals surface area (Å²) in [5, 5.41) is 4.97. The van der Waals surface area contributed by atoms with Crippen molar-refractivity contribution in [2.24, 2.45) is 0 Å². The maximum Gasteiger partial charge on any atom is 0.249 e. The molecule has 6 nitrogen and oxygen atoms in total. The van der Waals surface area contributed by atoms with E-state index in [0.29, 0.717) is 25.8 Å². The number of hydrogen-bond acceptors (Lipinski definition) is 4. The Morgan fingerprint density at radius 1 is 1.55 bits per heavy atom. The lowest BCUT2D eigenvalue weighted by Crippen LogP contribution is -2.51. The molecule has 6 heteroatoms. The van der Waals surface area contributed by atoms with Gasteiger partial charge in [-0.05, 0) is 31.5 Å². The topological polar surface area (TPSA) is 78.5 Å². The van der Waals surface area contributed by atoms with Gasteiger partial charge in [-0.2, -0.15) is 0 Å². The van der Waals surface area contributed by atoms with Crippen LogP contribution < -0.4 is 10.6 Å². The van der Waals surface area contributed by atoms with Crippen molar-refractivity contribution in [1.29, 1.82) is 0 Å². The molecule has 1 unspecified atom stereocenters. The third-order valence-electron chi connectivity index (χ3n) is 3.45. The minimum absolute atomic E-state index is 0.236. The molecule has 1 rings (SSSR count). The summed E-state index contributed by atoms with van der Waals surface area (Å²) in [7, 11) is 0. The monoisotopic (exact) mass is 279 g/mol. The van der Waals surface area contributed by atoms with Crippen LogP contribution in [0.25, 0.3) is 0 Å². The number of imide groups is 1. The largest absolute Gasteiger partial charge is 0.362 e. The van der Waals surface area contributed by atoms with Crippen LogP contribution in [-0.4, -0.2) is 35.7 Å². The molecule has 1 saturated heterocycles. The highest BCUT2D eigenvalue weighted by molar-refractivity contribution is 6.00. The van der Waals surface area contributed by atoms with Gasteiger partial charge >= 0.3 is 0 Å². The van der Waals surface area contributed by atoms with Crippen LogP contribution in [0.5, 0.6) is 0 Å². The van der Waals surface area contributed by atoms with Gasteiger partial charge in [0, 0.05) is 18.7 Å². The Hall–Kier alpha value is -2.11. The molecule has 20 heavy (non-hydrogen) atoms. The predicted molar refractivity (Wildman–Crippen MR) is 75.3 cm³/mol. The summed E-state index contributed by atoms with van der Waals surface area (Å²) in [6.45, 7) is 8.03. The first-order valence-corrected chi connectivity index (χ1v) is 6.64. The van der Waals surface area contributed by atoms with Crippen molar-refractivity contribution in [3.8, 4) is 0 Å². The SMILES string of the molecule is C=CN(C/C(CC)=C(/C)NC=O)C1CCC(=O)NC1=O. The minimum Gasteiger partial charge on any atom is -0.362 e. The number of rotatable bonds is 7. The third-order valence-corrected chi connectivity index (χ3v) is 3.45. The van der Waals surface area contributed by atoms with Gasteiger partial charge in [-0.15, -0.1) is 0 Å². The van der Waals surface area contributed by atoms with Gasteiger partial charge in [-0.25, -0.2) is 0 Å². The third kappa shape index (κ3) is 3.94. The van der Waals surface area contributed by atoms with Crippen molar-refractivity contribution in [3.05, 3.63) is 24.0 Å². The first-order chi connectivity index (χ1) is 9.53. The zero-order valence-corrected chi connectivity index (χ0v) is 11.9. The molecule has 1 aliphatic rings. The van der Waals surface area contributed by atoms with Crippen molar-refractivity contribution < 1.29 is 14.4 Å². The minimum atomic E-state index is -0.393. The lowest BCUT2D eigenvalue weighted by Gasteiger charge is -2.32. The summed E-state index contributed by atoms with van der Waals surface area (Å²) >= 11 is 0. The van der Waals surface area contributed by atoms with E-state index >= 15 is 0 Å². The number of amides is 3. The standard InChI is InChI=1S/C14H21N3O3/c1-4-11(10(3)15-9-18)8-17(5-2)12-6-7-13(19)16-14(12)20/h5,9,12H,2,4,6-8H2,1,3H3,(H,15,18)(H,16,19,20)/b11-10-. The smallest absolute Gasteiger partial charge is 0.249 e. The zero-order chi connectivity index (χ0) is 15.1. The molecule has 0 bridgehead atoms. The second kappa shape index (κ2) is 7.47. The molecule has 2 N–H and O–H groups in total. The Kier molecular flexibility index (Phi) is 5.96. The van der Waals surface area contributed by atoms with Gasteiger partial charge in [0.2, 0.25) is 18.2 Å². The Bertz CT molecular complexity index is 443. The number of hydrogen-bond donors (Lipinski definition) is 2. The van der Waals surface area contributed by atoms with Crippen LogP contribution in [0.15, 0.2) is 24.0 Å². The number of piperidine rings is 1. The average Bonchev–Trinajstić information content (AvgIpc) is 2.41. The lowest BCUT2D eigenvalue weighted by molar-refractivity contribution is -0.136. The van der Waals surface area contributed by atoms with E-state index in [9.17, 15) is 14.4 Å². The maximum atomic E-state index is 11.9. The second-order valence-electron chi connectivity index (χ2n) is 4.67. The van der Waals surface area contributed by atoms with Gasteiger partial charge in [0.05, 0.1) is 0 Å². The quantitative estimate of drug-likeness (QED) is 0.530. The van der Waals surface area contributed by atoms with Crippen molar-refractivity contribution >= 4 is 18.2 Å². The molecule has 3 amide bonds. The molecule has 1 fully saturated rings. The van der Waals surface area contributed by atoms with Crippen LogP contribution in [0.3, 0.4) is 0 Å². The summed E-state index contributed by atoms with van der Waals surface area (Å²) in [5.41, 5.74) is 1.79. The van der Waals surface area contributed by atoms with E-state index in [1.54, 1.807) is 11.1 Å². The van der Waals surface area contributed by atoms with Crippen LogP contribution in [0, 0.1) is 0 Å². The van der Waals surface area contributed by atoms with Gasteiger partial charge in [-0.3, -0.25) is 19.7 Å². The number of allylic oxidation sites excluding steroid dienone is 1. The van der Waals surface area contributed by atoms with Crippen molar-refractivity contribution in [2.45, 2.75) is 39.2 Å². The van der Waals surface area contributed by atoms with Crippen molar-refractivity contribution in [2.75, 3.05) is 6.54 Å². The molecule has 0 radical (unpaired) electrons. The van der Waals surface area contributed by atoms with Gasteiger partial charge in [0.15, 0.2) is 0 Å². The molecule has 110 valence electrons. The zero-order valence-electron chi connectivity index (χ0n) is 11.9. The molecule has 1 atom stereocenters. The van der Waals surface area contributed by atoms with Crippen LogP contribution in [0.1, 0.15) is 33.1 Å². The van der Waals surface area contributed by atoms with Gasteiger partial charge in [-0.1, -0.05) is 13.5 Å². The first kappa shape index (κ1) is 15.9. The van der Waals surface area contributed by atoms with Crippen molar-refractivity contribution in [1.82, 2.24) is 15.5 Å². The molecule has 0 aromatic heterocycles. The summed E-state index contributed by atoms with van der Waals surface area (Å²) in [5.74, 6) is -0.530. The number of nitrogens with one attached hydrogen (secondary N) is 2. The summed E-state index contributed by atoms with van der Waals surface area (Å²) in [6, 6.07) is -0.393. The fourth-order valence-corrected chi connectivity index (χ4v) is 2.21. The fraction of sp³-hybridized carbons (Fsp3) is 0.500. The molecule has 0 aromatic carbocycles.